The Labute approximate surface area is 174 Å². The van der Waals surface area contributed by atoms with Gasteiger partial charge in [-0.25, -0.2) is 0 Å². The summed E-state index contributed by atoms with van der Waals surface area (Å²) in [5.74, 6) is 0.497. The highest BCUT2D eigenvalue weighted by molar-refractivity contribution is 5.48. The van der Waals surface area contributed by atoms with Crippen LogP contribution in [0.3, 0.4) is 0 Å². The lowest BCUT2D eigenvalue weighted by molar-refractivity contribution is 0.256. The first-order chi connectivity index (χ1) is 13.2. The summed E-state index contributed by atoms with van der Waals surface area (Å²) >= 11 is 0. The summed E-state index contributed by atoms with van der Waals surface area (Å²) < 4.78 is 0. The minimum Gasteiger partial charge on any atom is -0.507 e. The average molecular weight is 392 g/mol. The highest BCUT2D eigenvalue weighted by atomic mass is 16.3. The molecular formula is C24H45N3O. The summed E-state index contributed by atoms with van der Waals surface area (Å²) in [4.78, 5) is 6.82. The van der Waals surface area contributed by atoms with Crippen LogP contribution in [0.15, 0.2) is 12.1 Å². The third kappa shape index (κ3) is 6.20. The molecule has 162 valence electrons. The lowest BCUT2D eigenvalue weighted by Gasteiger charge is -2.33. The Bertz CT molecular complexity index is 544. The summed E-state index contributed by atoms with van der Waals surface area (Å²) in [7, 11) is 12.8. The van der Waals surface area contributed by atoms with Crippen LogP contribution in [-0.4, -0.2) is 62.1 Å². The molecule has 1 aromatic carbocycles. The van der Waals surface area contributed by atoms with Crippen LogP contribution < -0.4 is 0 Å². The van der Waals surface area contributed by atoms with Gasteiger partial charge in [0.2, 0.25) is 0 Å². The maximum Gasteiger partial charge on any atom is 0.125 e. The van der Waals surface area contributed by atoms with Gasteiger partial charge in [-0.1, -0.05) is 40.0 Å². The second-order valence-corrected chi connectivity index (χ2v) is 8.85. The molecule has 28 heavy (non-hydrogen) atoms. The summed E-state index contributed by atoms with van der Waals surface area (Å²) in [6.07, 6.45) is 6.55. The zero-order valence-electron chi connectivity index (χ0n) is 19.9. The summed E-state index contributed by atoms with van der Waals surface area (Å²) in [6.45, 7) is 6.69. The van der Waals surface area contributed by atoms with Gasteiger partial charge in [0.1, 0.15) is 5.75 Å². The molecule has 0 saturated heterocycles. The SMILES string of the molecule is CCCC(c1cc(C(CCC)N(C)C)c(O)c(C(CCC)N(C)C)c1)N(C)C. The highest BCUT2D eigenvalue weighted by Crippen LogP contribution is 2.41. The fourth-order valence-corrected chi connectivity index (χ4v) is 4.33. The molecule has 0 heterocycles. The molecule has 0 bridgehead atoms. The van der Waals surface area contributed by atoms with Gasteiger partial charge in [-0.15, -0.1) is 0 Å². The fraction of sp³-hybridized carbons (Fsp3) is 0.750. The van der Waals surface area contributed by atoms with Crippen molar-refractivity contribution in [2.24, 2.45) is 0 Å². The number of aromatic hydroxyl groups is 1. The second-order valence-electron chi connectivity index (χ2n) is 8.85. The van der Waals surface area contributed by atoms with Gasteiger partial charge < -0.3 is 19.8 Å². The van der Waals surface area contributed by atoms with E-state index in [1.165, 1.54) is 5.56 Å². The molecule has 1 rings (SSSR count). The quantitative estimate of drug-likeness (QED) is 0.502. The van der Waals surface area contributed by atoms with E-state index in [2.05, 4.69) is 89.9 Å². The molecule has 0 aromatic heterocycles. The molecule has 4 heteroatoms. The van der Waals surface area contributed by atoms with Crippen molar-refractivity contribution in [2.75, 3.05) is 42.3 Å². The van der Waals surface area contributed by atoms with Gasteiger partial charge >= 0.3 is 0 Å². The van der Waals surface area contributed by atoms with Crippen LogP contribution in [-0.2, 0) is 0 Å². The number of nitrogens with zero attached hydrogens (tertiary/aromatic N) is 3. The molecule has 4 nitrogen and oxygen atoms in total. The van der Waals surface area contributed by atoms with Crippen LogP contribution in [0.4, 0.5) is 0 Å². The van der Waals surface area contributed by atoms with Gasteiger partial charge in [0, 0.05) is 29.3 Å². The van der Waals surface area contributed by atoms with Gasteiger partial charge in [-0.3, -0.25) is 0 Å². The fourth-order valence-electron chi connectivity index (χ4n) is 4.33. The monoisotopic (exact) mass is 391 g/mol. The molecule has 0 fully saturated rings. The smallest absolute Gasteiger partial charge is 0.125 e. The van der Waals surface area contributed by atoms with Crippen molar-refractivity contribution >= 4 is 0 Å². The van der Waals surface area contributed by atoms with Crippen LogP contribution in [0.25, 0.3) is 0 Å². The molecule has 0 radical (unpaired) electrons. The molecule has 3 atom stereocenters. The molecular weight excluding hydrogens is 346 g/mol. The molecule has 3 unspecified atom stereocenters. The van der Waals surface area contributed by atoms with Crippen molar-refractivity contribution in [3.05, 3.63) is 28.8 Å². The lowest BCUT2D eigenvalue weighted by Crippen LogP contribution is -2.25. The number of benzene rings is 1. The summed E-state index contributed by atoms with van der Waals surface area (Å²) in [5, 5.41) is 11.4. The Morgan fingerprint density at radius 3 is 1.25 bits per heavy atom. The van der Waals surface area contributed by atoms with Crippen molar-refractivity contribution in [1.82, 2.24) is 14.7 Å². The van der Waals surface area contributed by atoms with Crippen LogP contribution in [0.5, 0.6) is 5.75 Å². The predicted molar refractivity (Wildman–Crippen MR) is 122 cm³/mol. The number of phenols is 1. The Balaban J connectivity index is 3.69. The van der Waals surface area contributed by atoms with Crippen LogP contribution in [0, 0.1) is 0 Å². The van der Waals surface area contributed by atoms with E-state index in [9.17, 15) is 5.11 Å². The third-order valence-corrected chi connectivity index (χ3v) is 5.85. The van der Waals surface area contributed by atoms with Crippen LogP contribution in [0.2, 0.25) is 0 Å². The van der Waals surface area contributed by atoms with E-state index in [1.54, 1.807) is 0 Å². The molecule has 0 spiro atoms. The second kappa shape index (κ2) is 11.8. The van der Waals surface area contributed by atoms with Gasteiger partial charge in [-0.2, -0.15) is 0 Å². The van der Waals surface area contributed by atoms with Crippen molar-refractivity contribution in [3.63, 3.8) is 0 Å². The minimum absolute atomic E-state index is 0.234. The molecule has 1 aromatic rings. The first kappa shape index (κ1) is 24.9. The number of rotatable bonds is 12. The van der Waals surface area contributed by atoms with E-state index in [0.29, 0.717) is 11.8 Å². The van der Waals surface area contributed by atoms with Crippen LogP contribution in [0.1, 0.15) is 94.1 Å². The largest absolute Gasteiger partial charge is 0.507 e. The standard InChI is InChI=1S/C24H45N3O/c1-10-13-21(25(4)5)18-16-19(22(14-11-2)26(6)7)24(28)20(17-18)23(15-12-3)27(8)9/h16-17,21-23,28H,10-15H2,1-9H3. The lowest BCUT2D eigenvalue weighted by atomic mass is 9.88. The first-order valence-electron chi connectivity index (χ1n) is 11.0. The van der Waals surface area contributed by atoms with E-state index in [4.69, 9.17) is 0 Å². The molecule has 0 saturated carbocycles. The van der Waals surface area contributed by atoms with Crippen molar-refractivity contribution in [2.45, 2.75) is 77.4 Å². The van der Waals surface area contributed by atoms with Crippen LogP contribution >= 0.6 is 0 Å². The van der Waals surface area contributed by atoms with Crippen molar-refractivity contribution in [3.8, 4) is 5.75 Å². The van der Waals surface area contributed by atoms with E-state index >= 15 is 0 Å². The molecule has 0 aliphatic heterocycles. The maximum absolute atomic E-state index is 11.4. The van der Waals surface area contributed by atoms with E-state index in [-0.39, 0.29) is 12.1 Å². The molecule has 1 N–H and O–H groups in total. The number of hydrogen-bond donors (Lipinski definition) is 1. The van der Waals surface area contributed by atoms with Crippen molar-refractivity contribution < 1.29 is 5.11 Å². The topological polar surface area (TPSA) is 30.0 Å². The summed E-state index contributed by atoms with van der Waals surface area (Å²) in [6, 6.07) is 5.39. The summed E-state index contributed by atoms with van der Waals surface area (Å²) in [5.41, 5.74) is 3.51. The Morgan fingerprint density at radius 1 is 0.643 bits per heavy atom. The Hall–Kier alpha value is -1.10. The van der Waals surface area contributed by atoms with E-state index < -0.39 is 0 Å². The maximum atomic E-state index is 11.4. The van der Waals surface area contributed by atoms with Gasteiger partial charge in [-0.05, 0) is 79.2 Å². The average Bonchev–Trinajstić information content (AvgIpc) is 2.62. The van der Waals surface area contributed by atoms with Gasteiger partial charge in [0.25, 0.3) is 0 Å². The van der Waals surface area contributed by atoms with Gasteiger partial charge in [0.05, 0.1) is 0 Å². The number of phenolic OH excluding ortho intramolecular Hbond substituents is 1. The van der Waals surface area contributed by atoms with E-state index in [0.717, 1.165) is 49.7 Å². The zero-order valence-corrected chi connectivity index (χ0v) is 19.9. The molecule has 0 aliphatic carbocycles. The van der Waals surface area contributed by atoms with E-state index in [1.807, 2.05) is 0 Å². The Morgan fingerprint density at radius 2 is 0.964 bits per heavy atom. The Kier molecular flexibility index (Phi) is 10.5. The highest BCUT2D eigenvalue weighted by Gasteiger charge is 2.27. The molecule has 0 amide bonds. The third-order valence-electron chi connectivity index (χ3n) is 5.85. The first-order valence-corrected chi connectivity index (χ1v) is 11.0. The number of hydrogen-bond acceptors (Lipinski definition) is 4. The molecule has 0 aliphatic rings. The van der Waals surface area contributed by atoms with Gasteiger partial charge in [0.15, 0.2) is 0 Å². The zero-order chi connectivity index (χ0) is 21.4. The normalized spacial score (nSPS) is 15.4. The predicted octanol–water partition coefficient (Wildman–Crippen LogP) is 5.60. The minimum atomic E-state index is 0.234. The van der Waals surface area contributed by atoms with Crippen molar-refractivity contribution in [1.29, 1.82) is 0 Å².